The lowest BCUT2D eigenvalue weighted by molar-refractivity contribution is -0.165. The molecular formula is C29H50O. The SMILES string of the molecule is CC(C)CCCC(C)C1CCC2C3CCC4C(C)(C)C(=O)CCC4(C)C3CCC12C. The molecule has 0 N–H and O–H groups in total. The van der Waals surface area contributed by atoms with E-state index < -0.39 is 0 Å². The van der Waals surface area contributed by atoms with Crippen molar-refractivity contribution in [1.29, 1.82) is 0 Å². The zero-order valence-corrected chi connectivity index (χ0v) is 21.2. The standard InChI is InChI=1S/C29H50O/c1-19(2)9-8-10-20(3)22-12-13-23-21-11-14-25-27(4,5)26(30)16-18-29(25,7)24(21)15-17-28(22,23)6/h19-25H,8-18H2,1-7H3. The zero-order valence-electron chi connectivity index (χ0n) is 21.2. The summed E-state index contributed by atoms with van der Waals surface area (Å²) in [5, 5.41) is 0. The third-order valence-corrected chi connectivity index (χ3v) is 11.6. The highest BCUT2D eigenvalue weighted by Crippen LogP contribution is 2.69. The Hall–Kier alpha value is -0.330. The van der Waals surface area contributed by atoms with Gasteiger partial charge in [0, 0.05) is 11.8 Å². The van der Waals surface area contributed by atoms with Crippen LogP contribution in [-0.4, -0.2) is 5.78 Å². The summed E-state index contributed by atoms with van der Waals surface area (Å²) in [6.07, 6.45) is 14.8. The zero-order chi connectivity index (χ0) is 21.9. The van der Waals surface area contributed by atoms with Crippen LogP contribution in [0.25, 0.3) is 0 Å². The van der Waals surface area contributed by atoms with E-state index in [0.717, 1.165) is 41.9 Å². The predicted molar refractivity (Wildman–Crippen MR) is 127 cm³/mol. The van der Waals surface area contributed by atoms with Gasteiger partial charge in [0.15, 0.2) is 0 Å². The smallest absolute Gasteiger partial charge is 0.138 e. The van der Waals surface area contributed by atoms with Crippen molar-refractivity contribution in [3.05, 3.63) is 0 Å². The maximum Gasteiger partial charge on any atom is 0.138 e. The van der Waals surface area contributed by atoms with E-state index in [4.69, 9.17) is 0 Å². The number of ketones is 1. The number of rotatable bonds is 5. The molecular weight excluding hydrogens is 364 g/mol. The fraction of sp³-hybridized carbons (Fsp3) is 0.966. The summed E-state index contributed by atoms with van der Waals surface area (Å²) in [6.45, 7) is 17.2. The molecule has 0 heterocycles. The van der Waals surface area contributed by atoms with Crippen LogP contribution in [0, 0.1) is 57.7 Å². The highest BCUT2D eigenvalue weighted by atomic mass is 16.1. The van der Waals surface area contributed by atoms with E-state index in [-0.39, 0.29) is 5.41 Å². The third kappa shape index (κ3) is 3.44. The van der Waals surface area contributed by atoms with Gasteiger partial charge in [-0.2, -0.15) is 0 Å². The maximum atomic E-state index is 12.8. The molecule has 0 aromatic rings. The van der Waals surface area contributed by atoms with Crippen molar-refractivity contribution in [2.45, 2.75) is 119 Å². The molecule has 0 aromatic heterocycles. The molecule has 0 bridgehead atoms. The normalized spacial score (nSPS) is 46.3. The Kier molecular flexibility index (Phi) is 6.03. The minimum atomic E-state index is -0.0954. The highest BCUT2D eigenvalue weighted by molar-refractivity contribution is 5.85. The molecule has 0 amide bonds. The lowest BCUT2D eigenvalue weighted by Gasteiger charge is -2.63. The van der Waals surface area contributed by atoms with Gasteiger partial charge in [0.05, 0.1) is 0 Å². The Morgan fingerprint density at radius 1 is 0.833 bits per heavy atom. The van der Waals surface area contributed by atoms with Gasteiger partial charge < -0.3 is 0 Å². The minimum absolute atomic E-state index is 0.0954. The first kappa shape index (κ1) is 22.8. The van der Waals surface area contributed by atoms with Crippen molar-refractivity contribution < 1.29 is 4.79 Å². The van der Waals surface area contributed by atoms with Crippen LogP contribution in [0.5, 0.6) is 0 Å². The fourth-order valence-electron chi connectivity index (χ4n) is 9.92. The average molecular weight is 415 g/mol. The molecule has 1 heteroatoms. The van der Waals surface area contributed by atoms with Crippen LogP contribution in [0.2, 0.25) is 0 Å². The molecule has 0 spiro atoms. The molecule has 0 radical (unpaired) electrons. The van der Waals surface area contributed by atoms with Gasteiger partial charge in [0.2, 0.25) is 0 Å². The molecule has 8 unspecified atom stereocenters. The van der Waals surface area contributed by atoms with Gasteiger partial charge in [-0.15, -0.1) is 0 Å². The summed E-state index contributed by atoms with van der Waals surface area (Å²) in [7, 11) is 0. The largest absolute Gasteiger partial charge is 0.299 e. The molecule has 4 aliphatic carbocycles. The average Bonchev–Trinajstić information content (AvgIpc) is 3.02. The summed E-state index contributed by atoms with van der Waals surface area (Å²) < 4.78 is 0. The molecule has 0 aromatic carbocycles. The number of carbonyl (C=O) groups excluding carboxylic acids is 1. The van der Waals surface area contributed by atoms with Gasteiger partial charge >= 0.3 is 0 Å². The summed E-state index contributed by atoms with van der Waals surface area (Å²) in [5.74, 6) is 6.61. The van der Waals surface area contributed by atoms with Gasteiger partial charge in [0.25, 0.3) is 0 Å². The maximum absolute atomic E-state index is 12.8. The Labute approximate surface area is 187 Å². The van der Waals surface area contributed by atoms with Gasteiger partial charge in [-0.05, 0) is 97.2 Å². The van der Waals surface area contributed by atoms with Gasteiger partial charge in [0.1, 0.15) is 5.78 Å². The second kappa shape index (κ2) is 7.91. The Balaban J connectivity index is 1.51. The van der Waals surface area contributed by atoms with E-state index in [2.05, 4.69) is 48.5 Å². The monoisotopic (exact) mass is 414 g/mol. The van der Waals surface area contributed by atoms with Crippen LogP contribution >= 0.6 is 0 Å². The Morgan fingerprint density at radius 3 is 2.23 bits per heavy atom. The Morgan fingerprint density at radius 2 is 1.53 bits per heavy atom. The fourth-order valence-corrected chi connectivity index (χ4v) is 9.92. The van der Waals surface area contributed by atoms with Crippen molar-refractivity contribution in [1.82, 2.24) is 0 Å². The number of Topliss-reactive ketones (excluding diaryl/α,β-unsaturated/α-hetero) is 1. The van der Waals surface area contributed by atoms with E-state index in [1.165, 1.54) is 64.2 Å². The number of hydrogen-bond acceptors (Lipinski definition) is 1. The lowest BCUT2D eigenvalue weighted by atomic mass is 9.41. The van der Waals surface area contributed by atoms with E-state index in [0.29, 0.717) is 22.5 Å². The quantitative estimate of drug-likeness (QED) is 0.442. The predicted octanol–water partition coefficient (Wildman–Crippen LogP) is 8.31. The minimum Gasteiger partial charge on any atom is -0.299 e. The molecule has 1 nitrogen and oxygen atoms in total. The molecule has 30 heavy (non-hydrogen) atoms. The Bertz CT molecular complexity index is 647. The third-order valence-electron chi connectivity index (χ3n) is 11.6. The number of fused-ring (bicyclic) bond motifs is 5. The topological polar surface area (TPSA) is 17.1 Å². The van der Waals surface area contributed by atoms with Crippen molar-refractivity contribution in [3.63, 3.8) is 0 Å². The van der Waals surface area contributed by atoms with Crippen LogP contribution < -0.4 is 0 Å². The van der Waals surface area contributed by atoms with Gasteiger partial charge in [-0.3, -0.25) is 4.79 Å². The summed E-state index contributed by atoms with van der Waals surface area (Å²) in [6, 6.07) is 0. The molecule has 8 atom stereocenters. The second-order valence-electron chi connectivity index (χ2n) is 13.7. The number of hydrogen-bond donors (Lipinski definition) is 0. The summed E-state index contributed by atoms with van der Waals surface area (Å²) in [5.41, 5.74) is 0.895. The summed E-state index contributed by atoms with van der Waals surface area (Å²) >= 11 is 0. The number of carbonyl (C=O) groups is 1. The second-order valence-corrected chi connectivity index (χ2v) is 13.7. The molecule has 4 aliphatic rings. The van der Waals surface area contributed by atoms with Crippen LogP contribution in [0.3, 0.4) is 0 Å². The molecule has 172 valence electrons. The van der Waals surface area contributed by atoms with Gasteiger partial charge in [-0.1, -0.05) is 67.7 Å². The van der Waals surface area contributed by atoms with Crippen LogP contribution in [0.15, 0.2) is 0 Å². The van der Waals surface area contributed by atoms with Crippen molar-refractivity contribution >= 4 is 5.78 Å². The first-order valence-electron chi connectivity index (χ1n) is 13.5. The molecule has 4 rings (SSSR count). The van der Waals surface area contributed by atoms with Crippen LogP contribution in [-0.2, 0) is 4.79 Å². The molecule has 4 fully saturated rings. The molecule has 0 saturated heterocycles. The van der Waals surface area contributed by atoms with E-state index >= 15 is 0 Å². The lowest BCUT2D eigenvalue weighted by Crippen LogP contribution is -2.58. The first-order chi connectivity index (χ1) is 14.0. The summed E-state index contributed by atoms with van der Waals surface area (Å²) in [4.78, 5) is 12.8. The van der Waals surface area contributed by atoms with Crippen LogP contribution in [0.4, 0.5) is 0 Å². The van der Waals surface area contributed by atoms with E-state index in [1.807, 2.05) is 0 Å². The van der Waals surface area contributed by atoms with Crippen LogP contribution in [0.1, 0.15) is 119 Å². The molecule has 4 saturated carbocycles. The van der Waals surface area contributed by atoms with E-state index in [1.54, 1.807) is 0 Å². The van der Waals surface area contributed by atoms with E-state index in [9.17, 15) is 4.79 Å². The van der Waals surface area contributed by atoms with Crippen molar-refractivity contribution in [2.75, 3.05) is 0 Å². The first-order valence-corrected chi connectivity index (χ1v) is 13.5. The van der Waals surface area contributed by atoms with Gasteiger partial charge in [-0.25, -0.2) is 0 Å². The van der Waals surface area contributed by atoms with Crippen molar-refractivity contribution in [3.8, 4) is 0 Å². The van der Waals surface area contributed by atoms with Crippen molar-refractivity contribution in [2.24, 2.45) is 57.7 Å². The highest BCUT2D eigenvalue weighted by Gasteiger charge is 2.63. The molecule has 0 aliphatic heterocycles.